The topological polar surface area (TPSA) is 0 Å². The summed E-state index contributed by atoms with van der Waals surface area (Å²) < 4.78 is 0. The Balaban J connectivity index is 1.02. The van der Waals surface area contributed by atoms with Crippen LogP contribution in [0.4, 0.5) is 0 Å². The van der Waals surface area contributed by atoms with Crippen LogP contribution in [0.5, 0.6) is 0 Å². The molecule has 4 aliphatic carbocycles. The standard InChI is InChI=1S/C60H44/c1-3-17-49-41(13-1)42-14-2-4-18-50(42)58-52-34-38(40-24-28-48-46-16-6-8-20-54(46)60(56(48)36-40)31-11-12-32-60)22-26-44(52)43-25-21-37(33-51(43)57(49)58)39-23-27-47-45-15-5-7-19-53(45)59(55(47)35-39)29-9-10-30-59/h1-8,13-28,33-36H,9-12,29-32H2. The van der Waals surface area contributed by atoms with E-state index in [9.17, 15) is 0 Å². The summed E-state index contributed by atoms with van der Waals surface area (Å²) in [6.07, 6.45) is 10.2. The summed E-state index contributed by atoms with van der Waals surface area (Å²) >= 11 is 0. The summed E-state index contributed by atoms with van der Waals surface area (Å²) in [5, 5.41) is 13.3. The van der Waals surface area contributed by atoms with Crippen molar-refractivity contribution in [2.45, 2.75) is 62.2 Å². The maximum Gasteiger partial charge on any atom is 0.0215 e. The van der Waals surface area contributed by atoms with Gasteiger partial charge in [0.05, 0.1) is 0 Å². The molecule has 2 saturated carbocycles. The number of benzene rings is 10. The lowest BCUT2D eigenvalue weighted by atomic mass is 9.76. The predicted molar refractivity (Wildman–Crippen MR) is 254 cm³/mol. The van der Waals surface area contributed by atoms with Gasteiger partial charge in [0.2, 0.25) is 0 Å². The molecule has 14 rings (SSSR count). The molecule has 0 atom stereocenters. The van der Waals surface area contributed by atoms with Crippen LogP contribution in [-0.2, 0) is 10.8 Å². The first-order chi connectivity index (χ1) is 29.7. The number of hydrogen-bond acceptors (Lipinski definition) is 0. The Morgan fingerprint density at radius 2 is 0.583 bits per heavy atom. The van der Waals surface area contributed by atoms with Gasteiger partial charge in [-0.15, -0.1) is 0 Å². The van der Waals surface area contributed by atoms with Gasteiger partial charge in [0.25, 0.3) is 0 Å². The minimum absolute atomic E-state index is 0.148. The first kappa shape index (κ1) is 33.3. The van der Waals surface area contributed by atoms with Crippen LogP contribution >= 0.6 is 0 Å². The molecule has 0 aromatic heterocycles. The molecule has 0 radical (unpaired) electrons. The summed E-state index contributed by atoms with van der Waals surface area (Å²) in [5.74, 6) is 0. The highest BCUT2D eigenvalue weighted by Crippen LogP contribution is 2.59. The second-order valence-corrected chi connectivity index (χ2v) is 18.6. The van der Waals surface area contributed by atoms with Crippen molar-refractivity contribution in [3.8, 4) is 44.5 Å². The Morgan fingerprint density at radius 1 is 0.250 bits per heavy atom. The summed E-state index contributed by atoms with van der Waals surface area (Å²) in [5.41, 5.74) is 17.5. The molecule has 2 fully saturated rings. The SMILES string of the molecule is c1ccc2c(c1)-c1ccc(-c3ccc4c5ccc(-c6ccc7c(c6)C6(CCCC6)c6ccccc6-7)cc5c5c6ccccc6c6ccccc6c5c4c3)cc1C21CCCC1. The van der Waals surface area contributed by atoms with Crippen LogP contribution < -0.4 is 0 Å². The molecule has 0 N–H and O–H groups in total. The van der Waals surface area contributed by atoms with Gasteiger partial charge in [-0.05, 0) is 171 Å². The molecule has 4 aliphatic rings. The number of fused-ring (bicyclic) bond motifs is 21. The zero-order valence-electron chi connectivity index (χ0n) is 33.8. The van der Waals surface area contributed by atoms with E-state index in [-0.39, 0.29) is 10.8 Å². The van der Waals surface area contributed by atoms with Gasteiger partial charge in [0, 0.05) is 10.8 Å². The fourth-order valence-electron chi connectivity index (χ4n) is 13.3. The summed E-state index contributed by atoms with van der Waals surface area (Å²) in [6, 6.07) is 66.2. The molecule has 10 aromatic carbocycles. The molecule has 0 bridgehead atoms. The molecule has 0 saturated heterocycles. The molecule has 0 aliphatic heterocycles. The van der Waals surface area contributed by atoms with E-state index in [0.29, 0.717) is 0 Å². The third-order valence-electron chi connectivity index (χ3n) is 15.9. The molecule has 0 heteroatoms. The lowest BCUT2D eigenvalue weighted by molar-refractivity contribution is 0.550. The van der Waals surface area contributed by atoms with Crippen LogP contribution in [0.2, 0.25) is 0 Å². The second-order valence-electron chi connectivity index (χ2n) is 18.6. The van der Waals surface area contributed by atoms with Crippen LogP contribution in [0, 0.1) is 0 Å². The van der Waals surface area contributed by atoms with Gasteiger partial charge in [-0.1, -0.05) is 171 Å². The van der Waals surface area contributed by atoms with E-state index in [4.69, 9.17) is 0 Å². The van der Waals surface area contributed by atoms with Gasteiger partial charge in [-0.3, -0.25) is 0 Å². The van der Waals surface area contributed by atoms with Crippen LogP contribution in [0.3, 0.4) is 0 Å². The van der Waals surface area contributed by atoms with Gasteiger partial charge in [0.15, 0.2) is 0 Å². The van der Waals surface area contributed by atoms with E-state index < -0.39 is 0 Å². The Morgan fingerprint density at radius 3 is 1.03 bits per heavy atom. The molecule has 2 spiro atoms. The predicted octanol–water partition coefficient (Wildman–Crippen LogP) is 16.5. The van der Waals surface area contributed by atoms with Crippen LogP contribution in [0.15, 0.2) is 170 Å². The first-order valence-corrected chi connectivity index (χ1v) is 22.4. The lowest BCUT2D eigenvalue weighted by Gasteiger charge is -2.27. The molecule has 10 aromatic rings. The van der Waals surface area contributed by atoms with Crippen molar-refractivity contribution in [3.05, 3.63) is 192 Å². The number of rotatable bonds is 2. The Kier molecular flexibility index (Phi) is 6.70. The average molecular weight is 765 g/mol. The maximum absolute atomic E-state index is 2.57. The van der Waals surface area contributed by atoms with Gasteiger partial charge < -0.3 is 0 Å². The highest BCUT2D eigenvalue weighted by Gasteiger charge is 2.46. The van der Waals surface area contributed by atoms with Gasteiger partial charge in [-0.2, -0.15) is 0 Å². The molecule has 60 heavy (non-hydrogen) atoms. The lowest BCUT2D eigenvalue weighted by Crippen LogP contribution is -2.20. The maximum atomic E-state index is 2.57. The van der Waals surface area contributed by atoms with Gasteiger partial charge in [-0.25, -0.2) is 0 Å². The molecule has 0 heterocycles. The van der Waals surface area contributed by atoms with Crippen LogP contribution in [0.1, 0.15) is 73.6 Å². The minimum atomic E-state index is 0.148. The van der Waals surface area contributed by atoms with Crippen molar-refractivity contribution in [1.82, 2.24) is 0 Å². The van der Waals surface area contributed by atoms with Crippen molar-refractivity contribution in [3.63, 3.8) is 0 Å². The van der Waals surface area contributed by atoms with E-state index in [0.717, 1.165) is 0 Å². The zero-order valence-corrected chi connectivity index (χ0v) is 33.8. The Labute approximate surface area is 351 Å². The first-order valence-electron chi connectivity index (χ1n) is 22.4. The van der Waals surface area contributed by atoms with Gasteiger partial charge >= 0.3 is 0 Å². The van der Waals surface area contributed by atoms with E-state index in [1.54, 1.807) is 22.3 Å². The number of hydrogen-bond donors (Lipinski definition) is 0. The molecular formula is C60H44. The largest absolute Gasteiger partial charge is 0.0619 e. The third-order valence-corrected chi connectivity index (χ3v) is 15.9. The Hall–Kier alpha value is -6.50. The third kappa shape index (κ3) is 4.26. The van der Waals surface area contributed by atoms with E-state index >= 15 is 0 Å². The zero-order chi connectivity index (χ0) is 39.2. The molecule has 0 unspecified atom stereocenters. The summed E-state index contributed by atoms with van der Waals surface area (Å²) in [6.45, 7) is 0. The molecule has 0 amide bonds. The quantitative estimate of drug-likeness (QED) is 0.154. The summed E-state index contributed by atoms with van der Waals surface area (Å²) in [4.78, 5) is 0. The smallest absolute Gasteiger partial charge is 0.0215 e. The molecular weight excluding hydrogens is 721 g/mol. The fourth-order valence-corrected chi connectivity index (χ4v) is 13.3. The van der Waals surface area contributed by atoms with Crippen molar-refractivity contribution in [1.29, 1.82) is 0 Å². The van der Waals surface area contributed by atoms with E-state index in [2.05, 4.69) is 170 Å². The highest BCUT2D eigenvalue weighted by molar-refractivity contribution is 6.39. The highest BCUT2D eigenvalue weighted by atomic mass is 14.5. The normalized spacial score (nSPS) is 16.7. The fraction of sp³-hybridized carbons (Fsp3) is 0.167. The minimum Gasteiger partial charge on any atom is -0.0619 e. The molecule has 0 nitrogen and oxygen atoms in total. The van der Waals surface area contributed by atoms with Crippen LogP contribution in [0.25, 0.3) is 98.4 Å². The average Bonchev–Trinajstić information content (AvgIpc) is 4.12. The second kappa shape index (κ2) is 12.0. The van der Waals surface area contributed by atoms with Crippen molar-refractivity contribution in [2.75, 3.05) is 0 Å². The monoisotopic (exact) mass is 764 g/mol. The van der Waals surface area contributed by atoms with Crippen LogP contribution in [-0.4, -0.2) is 0 Å². The van der Waals surface area contributed by atoms with Crippen molar-refractivity contribution < 1.29 is 0 Å². The van der Waals surface area contributed by atoms with Crippen molar-refractivity contribution in [2.24, 2.45) is 0 Å². The molecule has 284 valence electrons. The van der Waals surface area contributed by atoms with E-state index in [1.807, 2.05) is 0 Å². The summed E-state index contributed by atoms with van der Waals surface area (Å²) in [7, 11) is 0. The van der Waals surface area contributed by atoms with Crippen molar-refractivity contribution >= 4 is 53.9 Å². The van der Waals surface area contributed by atoms with Gasteiger partial charge in [0.1, 0.15) is 0 Å². The Bertz CT molecular complexity index is 3260. The van der Waals surface area contributed by atoms with E-state index in [1.165, 1.54) is 150 Å².